The van der Waals surface area contributed by atoms with Crippen LogP contribution < -0.4 is 0 Å². The van der Waals surface area contributed by atoms with Gasteiger partial charge in [-0.05, 0) is 46.8 Å². The van der Waals surface area contributed by atoms with Crippen molar-refractivity contribution in [1.82, 2.24) is 19.7 Å². The lowest BCUT2D eigenvalue weighted by Crippen LogP contribution is -2.45. The number of hydrogen-bond donors (Lipinski definition) is 0. The highest BCUT2D eigenvalue weighted by molar-refractivity contribution is 8.00. The molecule has 0 aliphatic heterocycles. The van der Waals surface area contributed by atoms with Crippen LogP contribution in [0.1, 0.15) is 40.4 Å². The van der Waals surface area contributed by atoms with Crippen molar-refractivity contribution < 1.29 is 9.21 Å². The van der Waals surface area contributed by atoms with Crippen molar-refractivity contribution in [1.29, 1.82) is 0 Å². The number of amides is 1. The molecule has 0 saturated heterocycles. The Morgan fingerprint density at radius 2 is 2.00 bits per heavy atom. The van der Waals surface area contributed by atoms with E-state index in [9.17, 15) is 4.79 Å². The monoisotopic (exact) mass is 336 g/mol. The van der Waals surface area contributed by atoms with Crippen LogP contribution in [0, 0.1) is 0 Å². The van der Waals surface area contributed by atoms with Gasteiger partial charge in [-0.3, -0.25) is 4.79 Å². The molecule has 0 radical (unpaired) electrons. The highest BCUT2D eigenvalue weighted by Gasteiger charge is 2.27. The molecule has 0 fully saturated rings. The van der Waals surface area contributed by atoms with Crippen LogP contribution in [0.4, 0.5) is 0 Å². The van der Waals surface area contributed by atoms with Gasteiger partial charge in [0.2, 0.25) is 5.91 Å². The largest absolute Gasteiger partial charge is 0.467 e. The SMILES string of the molecule is CC(Sc1nncn1Cc1ccco1)C(=O)N(C(C)C)C(C)C. The lowest BCUT2D eigenvalue weighted by Gasteiger charge is -2.32. The second kappa shape index (κ2) is 7.68. The summed E-state index contributed by atoms with van der Waals surface area (Å²) < 4.78 is 7.25. The molecule has 1 atom stereocenters. The molecule has 0 bridgehead atoms. The van der Waals surface area contributed by atoms with Crippen molar-refractivity contribution in [2.75, 3.05) is 0 Å². The van der Waals surface area contributed by atoms with Crippen molar-refractivity contribution in [3.05, 3.63) is 30.5 Å². The summed E-state index contributed by atoms with van der Waals surface area (Å²) in [4.78, 5) is 14.6. The molecule has 126 valence electrons. The summed E-state index contributed by atoms with van der Waals surface area (Å²) in [5.74, 6) is 0.948. The first-order valence-electron chi connectivity index (χ1n) is 7.79. The molecule has 2 aromatic rings. The zero-order chi connectivity index (χ0) is 17.0. The number of nitrogens with zero attached hydrogens (tertiary/aromatic N) is 4. The van der Waals surface area contributed by atoms with Gasteiger partial charge in [0.05, 0.1) is 18.1 Å². The Morgan fingerprint density at radius 3 is 2.57 bits per heavy atom. The Morgan fingerprint density at radius 1 is 1.30 bits per heavy atom. The van der Waals surface area contributed by atoms with Gasteiger partial charge in [0.25, 0.3) is 0 Å². The fourth-order valence-corrected chi connectivity index (χ4v) is 3.42. The number of carbonyl (C=O) groups is 1. The minimum atomic E-state index is -0.223. The second-order valence-electron chi connectivity index (χ2n) is 6.01. The third-order valence-electron chi connectivity index (χ3n) is 3.48. The Labute approximate surface area is 141 Å². The number of carbonyl (C=O) groups excluding carboxylic acids is 1. The Balaban J connectivity index is 2.07. The van der Waals surface area contributed by atoms with Crippen molar-refractivity contribution in [3.63, 3.8) is 0 Å². The van der Waals surface area contributed by atoms with E-state index in [0.717, 1.165) is 10.9 Å². The zero-order valence-electron chi connectivity index (χ0n) is 14.3. The number of rotatable bonds is 7. The molecule has 0 aliphatic rings. The van der Waals surface area contributed by atoms with Crippen molar-refractivity contribution in [3.8, 4) is 0 Å². The first kappa shape index (κ1) is 17.6. The summed E-state index contributed by atoms with van der Waals surface area (Å²) in [5, 5.41) is 8.58. The molecule has 0 aromatic carbocycles. The summed E-state index contributed by atoms with van der Waals surface area (Å²) in [7, 11) is 0. The molecule has 1 unspecified atom stereocenters. The molecule has 2 rings (SSSR count). The summed E-state index contributed by atoms with van der Waals surface area (Å²) in [5.41, 5.74) is 0. The van der Waals surface area contributed by atoms with Crippen LogP contribution in [0.5, 0.6) is 0 Å². The van der Waals surface area contributed by atoms with Crippen molar-refractivity contribution in [2.45, 2.75) is 63.7 Å². The lowest BCUT2D eigenvalue weighted by molar-refractivity contribution is -0.133. The molecule has 6 nitrogen and oxygen atoms in total. The van der Waals surface area contributed by atoms with Crippen LogP contribution in [-0.2, 0) is 11.3 Å². The summed E-state index contributed by atoms with van der Waals surface area (Å²) in [6, 6.07) is 4.10. The maximum atomic E-state index is 12.7. The van der Waals surface area contributed by atoms with E-state index in [-0.39, 0.29) is 23.2 Å². The second-order valence-corrected chi connectivity index (χ2v) is 7.32. The van der Waals surface area contributed by atoms with Crippen molar-refractivity contribution >= 4 is 17.7 Å². The van der Waals surface area contributed by atoms with Crippen LogP contribution in [0.3, 0.4) is 0 Å². The van der Waals surface area contributed by atoms with E-state index in [0.29, 0.717) is 6.54 Å². The normalized spacial score (nSPS) is 12.8. The molecule has 0 aliphatic carbocycles. The van der Waals surface area contributed by atoms with Gasteiger partial charge in [0.1, 0.15) is 12.1 Å². The first-order chi connectivity index (χ1) is 10.9. The van der Waals surface area contributed by atoms with Gasteiger partial charge >= 0.3 is 0 Å². The van der Waals surface area contributed by atoms with E-state index < -0.39 is 0 Å². The van der Waals surface area contributed by atoms with Crippen LogP contribution in [0.15, 0.2) is 34.3 Å². The average Bonchev–Trinajstić information content (AvgIpc) is 3.11. The van der Waals surface area contributed by atoms with Crippen molar-refractivity contribution in [2.24, 2.45) is 0 Å². The molecule has 2 aromatic heterocycles. The fraction of sp³-hybridized carbons (Fsp3) is 0.562. The highest BCUT2D eigenvalue weighted by Crippen LogP contribution is 2.24. The maximum Gasteiger partial charge on any atom is 0.236 e. The van der Waals surface area contributed by atoms with E-state index in [1.807, 2.05) is 56.2 Å². The summed E-state index contributed by atoms with van der Waals surface area (Å²) in [6.07, 6.45) is 3.30. The van der Waals surface area contributed by atoms with E-state index in [1.165, 1.54) is 11.8 Å². The Bertz CT molecular complexity index is 614. The Kier molecular flexibility index (Phi) is 5.87. The van der Waals surface area contributed by atoms with Crippen LogP contribution in [0.2, 0.25) is 0 Å². The van der Waals surface area contributed by atoms with Gasteiger partial charge in [-0.1, -0.05) is 11.8 Å². The van der Waals surface area contributed by atoms with Gasteiger partial charge in [-0.15, -0.1) is 10.2 Å². The average molecular weight is 336 g/mol. The standard InChI is InChI=1S/C16H24N4O2S/c1-11(2)20(12(3)4)15(21)13(5)23-16-18-17-10-19(16)9-14-7-6-8-22-14/h6-8,10-13H,9H2,1-5H3. The quantitative estimate of drug-likeness (QED) is 0.727. The Hall–Kier alpha value is -1.76. The van der Waals surface area contributed by atoms with E-state index in [4.69, 9.17) is 4.42 Å². The number of hydrogen-bond acceptors (Lipinski definition) is 5. The van der Waals surface area contributed by atoms with Gasteiger partial charge in [-0.25, -0.2) is 0 Å². The summed E-state index contributed by atoms with van der Waals surface area (Å²) >= 11 is 1.43. The van der Waals surface area contributed by atoms with Gasteiger partial charge < -0.3 is 13.9 Å². The predicted octanol–water partition coefficient (Wildman–Crippen LogP) is 3.05. The summed E-state index contributed by atoms with van der Waals surface area (Å²) in [6.45, 7) is 10.6. The molecule has 0 N–H and O–H groups in total. The van der Waals surface area contributed by atoms with E-state index in [2.05, 4.69) is 10.2 Å². The molecule has 1 amide bonds. The van der Waals surface area contributed by atoms with E-state index in [1.54, 1.807) is 12.6 Å². The minimum absolute atomic E-state index is 0.118. The highest BCUT2D eigenvalue weighted by atomic mass is 32.2. The van der Waals surface area contributed by atoms with Crippen LogP contribution in [0.25, 0.3) is 0 Å². The molecule has 2 heterocycles. The number of furan rings is 1. The minimum Gasteiger partial charge on any atom is -0.467 e. The molecule has 0 saturated carbocycles. The maximum absolute atomic E-state index is 12.7. The topological polar surface area (TPSA) is 64.2 Å². The van der Waals surface area contributed by atoms with Gasteiger partial charge in [0, 0.05) is 12.1 Å². The lowest BCUT2D eigenvalue weighted by atomic mass is 10.2. The predicted molar refractivity (Wildman–Crippen MR) is 90.3 cm³/mol. The smallest absolute Gasteiger partial charge is 0.236 e. The third-order valence-corrected chi connectivity index (χ3v) is 4.57. The van der Waals surface area contributed by atoms with Crippen LogP contribution in [-0.4, -0.2) is 42.9 Å². The molecule has 23 heavy (non-hydrogen) atoms. The zero-order valence-corrected chi connectivity index (χ0v) is 15.1. The molecule has 7 heteroatoms. The fourth-order valence-electron chi connectivity index (χ4n) is 2.54. The van der Waals surface area contributed by atoms with Gasteiger partial charge in [0.15, 0.2) is 5.16 Å². The number of thioether (sulfide) groups is 1. The molecule has 0 spiro atoms. The number of aromatic nitrogens is 3. The van der Waals surface area contributed by atoms with Crippen LogP contribution >= 0.6 is 11.8 Å². The van der Waals surface area contributed by atoms with Gasteiger partial charge in [-0.2, -0.15) is 0 Å². The molecular formula is C16H24N4O2S. The van der Waals surface area contributed by atoms with E-state index >= 15 is 0 Å². The third kappa shape index (κ3) is 4.37. The first-order valence-corrected chi connectivity index (χ1v) is 8.67. The molecular weight excluding hydrogens is 312 g/mol.